The number of amidine groups is 1. The second-order valence-electron chi connectivity index (χ2n) is 4.65. The maximum atomic E-state index is 12.1. The zero-order valence-electron chi connectivity index (χ0n) is 11.0. The van der Waals surface area contributed by atoms with Gasteiger partial charge >= 0.3 is 0 Å². The Kier molecular flexibility index (Phi) is 5.95. The van der Waals surface area contributed by atoms with Gasteiger partial charge in [-0.2, -0.15) is 0 Å². The van der Waals surface area contributed by atoms with Gasteiger partial charge in [0.2, 0.25) is 5.91 Å². The second kappa shape index (κ2) is 6.44. The first-order chi connectivity index (χ1) is 7.76. The largest absolute Gasteiger partial charge is 0.409 e. The number of carbonyl (C=O) groups excluding carboxylic acids is 1. The summed E-state index contributed by atoms with van der Waals surface area (Å²) in [5.74, 6) is -0.957. The summed E-state index contributed by atoms with van der Waals surface area (Å²) in [6.45, 7) is 7.57. The standard InChI is InChI=1S/C11H23N3O3/c1-5-8(9(12)13-17)10(15)14(6-2)7-11(3,4)16/h8,16-17H,5-7H2,1-4H3,(H2,12,13). The normalized spacial score (nSPS) is 14.5. The van der Waals surface area contributed by atoms with Crippen LogP contribution in [-0.4, -0.2) is 45.6 Å². The molecular formula is C11H23N3O3. The minimum atomic E-state index is -0.963. The minimum absolute atomic E-state index is 0.0910. The highest BCUT2D eigenvalue weighted by atomic mass is 16.4. The highest BCUT2D eigenvalue weighted by Gasteiger charge is 2.28. The molecule has 4 N–H and O–H groups in total. The van der Waals surface area contributed by atoms with Gasteiger partial charge in [0.1, 0.15) is 0 Å². The number of oxime groups is 1. The molecule has 0 aliphatic rings. The van der Waals surface area contributed by atoms with E-state index in [0.717, 1.165) is 0 Å². The third kappa shape index (κ3) is 5.04. The van der Waals surface area contributed by atoms with Crippen LogP contribution in [0.15, 0.2) is 5.16 Å². The Morgan fingerprint density at radius 3 is 2.29 bits per heavy atom. The monoisotopic (exact) mass is 245 g/mol. The van der Waals surface area contributed by atoms with E-state index in [4.69, 9.17) is 10.9 Å². The summed E-state index contributed by atoms with van der Waals surface area (Å²) >= 11 is 0. The van der Waals surface area contributed by atoms with Crippen LogP contribution in [0.2, 0.25) is 0 Å². The van der Waals surface area contributed by atoms with Gasteiger partial charge in [-0.05, 0) is 27.2 Å². The van der Waals surface area contributed by atoms with Gasteiger partial charge in [-0.3, -0.25) is 4.79 Å². The van der Waals surface area contributed by atoms with E-state index in [9.17, 15) is 9.90 Å². The predicted molar refractivity (Wildman–Crippen MR) is 65.7 cm³/mol. The lowest BCUT2D eigenvalue weighted by molar-refractivity contribution is -0.136. The maximum absolute atomic E-state index is 12.1. The van der Waals surface area contributed by atoms with Crippen LogP contribution in [0.3, 0.4) is 0 Å². The summed E-state index contributed by atoms with van der Waals surface area (Å²) < 4.78 is 0. The number of nitrogens with zero attached hydrogens (tertiary/aromatic N) is 2. The van der Waals surface area contributed by atoms with E-state index in [1.54, 1.807) is 20.8 Å². The topological polar surface area (TPSA) is 99.2 Å². The van der Waals surface area contributed by atoms with E-state index >= 15 is 0 Å². The minimum Gasteiger partial charge on any atom is -0.409 e. The number of likely N-dealkylation sites (N-methyl/N-ethyl adjacent to an activating group) is 1. The number of hydrogen-bond acceptors (Lipinski definition) is 4. The molecule has 0 spiro atoms. The highest BCUT2D eigenvalue weighted by Crippen LogP contribution is 2.12. The van der Waals surface area contributed by atoms with Crippen LogP contribution >= 0.6 is 0 Å². The average molecular weight is 245 g/mol. The summed E-state index contributed by atoms with van der Waals surface area (Å²) in [5.41, 5.74) is 4.51. The zero-order valence-corrected chi connectivity index (χ0v) is 11.0. The fraction of sp³-hybridized carbons (Fsp3) is 0.818. The number of aliphatic hydroxyl groups is 1. The first-order valence-corrected chi connectivity index (χ1v) is 5.75. The van der Waals surface area contributed by atoms with Gasteiger partial charge in [-0.15, -0.1) is 0 Å². The second-order valence-corrected chi connectivity index (χ2v) is 4.65. The van der Waals surface area contributed by atoms with Gasteiger partial charge in [0, 0.05) is 13.1 Å². The molecule has 0 radical (unpaired) electrons. The molecule has 1 unspecified atom stereocenters. The Morgan fingerprint density at radius 2 is 2.00 bits per heavy atom. The smallest absolute Gasteiger partial charge is 0.233 e. The van der Waals surface area contributed by atoms with Gasteiger partial charge in [0.15, 0.2) is 5.84 Å². The van der Waals surface area contributed by atoms with Crippen LogP contribution in [0.25, 0.3) is 0 Å². The molecule has 0 bridgehead atoms. The Balaban J connectivity index is 4.84. The molecule has 6 heteroatoms. The van der Waals surface area contributed by atoms with Gasteiger partial charge in [-0.25, -0.2) is 0 Å². The van der Waals surface area contributed by atoms with Crippen LogP contribution in [0, 0.1) is 5.92 Å². The van der Waals surface area contributed by atoms with Gasteiger partial charge in [0.25, 0.3) is 0 Å². The molecule has 0 aromatic heterocycles. The van der Waals surface area contributed by atoms with Gasteiger partial charge in [0.05, 0.1) is 11.5 Å². The molecule has 0 aromatic rings. The van der Waals surface area contributed by atoms with Crippen molar-refractivity contribution in [2.45, 2.75) is 39.7 Å². The number of nitrogens with two attached hydrogens (primary N) is 1. The first-order valence-electron chi connectivity index (χ1n) is 5.75. The van der Waals surface area contributed by atoms with Crippen molar-refractivity contribution >= 4 is 11.7 Å². The number of carbonyl (C=O) groups is 1. The van der Waals surface area contributed by atoms with E-state index in [2.05, 4.69) is 5.16 Å². The zero-order chi connectivity index (χ0) is 13.6. The van der Waals surface area contributed by atoms with E-state index in [0.29, 0.717) is 13.0 Å². The van der Waals surface area contributed by atoms with Crippen LogP contribution in [0.5, 0.6) is 0 Å². The third-order valence-corrected chi connectivity index (χ3v) is 2.45. The van der Waals surface area contributed by atoms with Crippen molar-refractivity contribution in [2.75, 3.05) is 13.1 Å². The molecule has 1 atom stereocenters. The first kappa shape index (κ1) is 15.7. The van der Waals surface area contributed by atoms with Crippen LogP contribution in [0.1, 0.15) is 34.1 Å². The molecule has 0 aliphatic carbocycles. The Hall–Kier alpha value is -1.30. The van der Waals surface area contributed by atoms with Crippen LogP contribution in [0.4, 0.5) is 0 Å². The van der Waals surface area contributed by atoms with E-state index in [1.165, 1.54) is 4.90 Å². The fourth-order valence-electron chi connectivity index (χ4n) is 1.61. The lowest BCUT2D eigenvalue weighted by Crippen LogP contribution is -2.47. The summed E-state index contributed by atoms with van der Waals surface area (Å²) in [6.07, 6.45) is 0.455. The number of hydrogen-bond donors (Lipinski definition) is 3. The molecular weight excluding hydrogens is 222 g/mol. The molecule has 0 heterocycles. The van der Waals surface area contributed by atoms with Gasteiger partial charge in [-0.1, -0.05) is 12.1 Å². The van der Waals surface area contributed by atoms with E-state index in [1.807, 2.05) is 6.92 Å². The highest BCUT2D eigenvalue weighted by molar-refractivity contribution is 6.02. The lowest BCUT2D eigenvalue weighted by atomic mass is 10.0. The van der Waals surface area contributed by atoms with Crippen molar-refractivity contribution in [1.82, 2.24) is 4.90 Å². The molecule has 0 saturated carbocycles. The molecule has 1 amide bonds. The summed E-state index contributed by atoms with van der Waals surface area (Å²) in [4.78, 5) is 13.6. The summed E-state index contributed by atoms with van der Waals surface area (Å²) in [6, 6.07) is 0. The molecule has 100 valence electrons. The maximum Gasteiger partial charge on any atom is 0.233 e. The molecule has 0 aliphatic heterocycles. The molecule has 0 fully saturated rings. The summed E-state index contributed by atoms with van der Waals surface area (Å²) in [5, 5.41) is 21.2. The van der Waals surface area contributed by atoms with Crippen LogP contribution in [-0.2, 0) is 4.79 Å². The Bertz CT molecular complexity index is 284. The quantitative estimate of drug-likeness (QED) is 0.272. The van der Waals surface area contributed by atoms with Crippen molar-refractivity contribution < 1.29 is 15.1 Å². The molecule has 0 saturated heterocycles. The van der Waals surface area contributed by atoms with Crippen molar-refractivity contribution in [2.24, 2.45) is 16.8 Å². The Morgan fingerprint density at radius 1 is 1.47 bits per heavy atom. The van der Waals surface area contributed by atoms with Gasteiger partial charge < -0.3 is 20.9 Å². The predicted octanol–water partition coefficient (Wildman–Crippen LogP) is 0.378. The number of rotatable bonds is 6. The van der Waals surface area contributed by atoms with Crippen molar-refractivity contribution in [3.63, 3.8) is 0 Å². The van der Waals surface area contributed by atoms with E-state index in [-0.39, 0.29) is 18.3 Å². The summed E-state index contributed by atoms with van der Waals surface area (Å²) in [7, 11) is 0. The third-order valence-electron chi connectivity index (χ3n) is 2.45. The molecule has 17 heavy (non-hydrogen) atoms. The lowest BCUT2D eigenvalue weighted by Gasteiger charge is -2.30. The fourth-order valence-corrected chi connectivity index (χ4v) is 1.61. The SMILES string of the molecule is CCC(C(=O)N(CC)CC(C)(C)O)C(N)=NO. The van der Waals surface area contributed by atoms with Crippen LogP contribution < -0.4 is 5.73 Å². The average Bonchev–Trinajstić information content (AvgIpc) is 2.25. The molecule has 0 aromatic carbocycles. The van der Waals surface area contributed by atoms with Crippen molar-refractivity contribution in [1.29, 1.82) is 0 Å². The van der Waals surface area contributed by atoms with E-state index < -0.39 is 11.5 Å². The molecule has 0 rings (SSSR count). The van der Waals surface area contributed by atoms with Crippen molar-refractivity contribution in [3.8, 4) is 0 Å². The number of amides is 1. The molecule has 6 nitrogen and oxygen atoms in total. The Labute approximate surface area is 102 Å². The van der Waals surface area contributed by atoms with Crippen molar-refractivity contribution in [3.05, 3.63) is 0 Å².